The van der Waals surface area contributed by atoms with Gasteiger partial charge in [0.1, 0.15) is 5.60 Å². The van der Waals surface area contributed by atoms with E-state index in [1.54, 1.807) is 0 Å². The first-order valence-corrected chi connectivity index (χ1v) is 11.1. The average Bonchev–Trinajstić information content (AvgIpc) is 3.34. The lowest BCUT2D eigenvalue weighted by Gasteiger charge is -2.44. The zero-order valence-corrected chi connectivity index (χ0v) is 16.6. The fourth-order valence-electron chi connectivity index (χ4n) is 8.90. The molecule has 0 aromatic rings. The Bertz CT molecular complexity index is 585. The highest BCUT2D eigenvalue weighted by atomic mass is 16.6. The number of hydrogen-bond acceptors (Lipinski definition) is 2. The van der Waals surface area contributed by atoms with E-state index in [0.717, 1.165) is 54.8 Å². The maximum absolute atomic E-state index is 13.5. The molecule has 0 aromatic heterocycles. The molecule has 5 aliphatic carbocycles. The van der Waals surface area contributed by atoms with Crippen molar-refractivity contribution in [2.24, 2.45) is 52.8 Å². The topological polar surface area (TPSA) is 26.3 Å². The minimum Gasteiger partial charge on any atom is -0.458 e. The molecule has 4 bridgehead atoms. The summed E-state index contributed by atoms with van der Waals surface area (Å²) >= 11 is 0. The molecule has 5 saturated carbocycles. The van der Waals surface area contributed by atoms with E-state index in [9.17, 15) is 4.79 Å². The lowest BCUT2D eigenvalue weighted by Crippen LogP contribution is -2.48. The quantitative estimate of drug-likeness (QED) is 0.636. The zero-order chi connectivity index (χ0) is 17.6. The second-order valence-electron chi connectivity index (χ2n) is 11.0. The molecule has 10 atom stereocenters. The molecule has 5 rings (SSSR count). The van der Waals surface area contributed by atoms with Gasteiger partial charge in [0.15, 0.2) is 0 Å². The van der Waals surface area contributed by atoms with Gasteiger partial charge in [0.25, 0.3) is 0 Å². The van der Waals surface area contributed by atoms with Gasteiger partial charge in [-0.1, -0.05) is 20.8 Å². The average molecular weight is 345 g/mol. The van der Waals surface area contributed by atoms with E-state index < -0.39 is 0 Å². The fourth-order valence-corrected chi connectivity index (χ4v) is 8.90. The lowest BCUT2D eigenvalue weighted by molar-refractivity contribution is -0.183. The van der Waals surface area contributed by atoms with Crippen molar-refractivity contribution in [2.75, 3.05) is 0 Å². The van der Waals surface area contributed by atoms with Gasteiger partial charge in [0, 0.05) is 0 Å². The SMILES string of the molecule is CCC1(OC(=O)C2(C)CC3CC2C2C(C)CC(C)C32)CC2CCC1C2. The highest BCUT2D eigenvalue weighted by Gasteiger charge is 2.66. The molecule has 0 aliphatic heterocycles. The lowest BCUT2D eigenvalue weighted by atomic mass is 9.64. The summed E-state index contributed by atoms with van der Waals surface area (Å²) in [6.45, 7) is 9.41. The van der Waals surface area contributed by atoms with Crippen LogP contribution < -0.4 is 0 Å². The molecule has 2 heteroatoms. The number of fused-ring (bicyclic) bond motifs is 7. The van der Waals surface area contributed by atoms with Crippen LogP contribution in [0.4, 0.5) is 0 Å². The van der Waals surface area contributed by atoms with Crippen LogP contribution in [0.1, 0.15) is 79.1 Å². The summed E-state index contributed by atoms with van der Waals surface area (Å²) in [6.07, 6.45) is 9.88. The second kappa shape index (κ2) is 5.26. The summed E-state index contributed by atoms with van der Waals surface area (Å²) in [7, 11) is 0. The number of esters is 1. The summed E-state index contributed by atoms with van der Waals surface area (Å²) in [5.41, 5.74) is -0.313. The number of ether oxygens (including phenoxy) is 1. The molecule has 10 unspecified atom stereocenters. The van der Waals surface area contributed by atoms with Crippen molar-refractivity contribution in [3.63, 3.8) is 0 Å². The predicted molar refractivity (Wildman–Crippen MR) is 98.8 cm³/mol. The molecule has 140 valence electrons. The molecule has 0 N–H and O–H groups in total. The van der Waals surface area contributed by atoms with Crippen molar-refractivity contribution >= 4 is 5.97 Å². The Balaban J connectivity index is 1.38. The largest absolute Gasteiger partial charge is 0.458 e. The van der Waals surface area contributed by atoms with Crippen LogP contribution in [0.25, 0.3) is 0 Å². The molecule has 0 saturated heterocycles. The van der Waals surface area contributed by atoms with Crippen molar-refractivity contribution < 1.29 is 9.53 Å². The Hall–Kier alpha value is -0.530. The first-order valence-electron chi connectivity index (χ1n) is 11.1. The van der Waals surface area contributed by atoms with E-state index in [2.05, 4.69) is 27.7 Å². The van der Waals surface area contributed by atoms with E-state index in [1.165, 1.54) is 32.1 Å². The highest BCUT2D eigenvalue weighted by molar-refractivity contribution is 5.78. The third-order valence-electron chi connectivity index (χ3n) is 9.85. The normalized spacial score (nSPS) is 58.7. The number of hydrogen-bond donors (Lipinski definition) is 0. The summed E-state index contributed by atoms with van der Waals surface area (Å²) in [4.78, 5) is 13.5. The third kappa shape index (κ3) is 2.06. The van der Waals surface area contributed by atoms with Crippen molar-refractivity contribution in [2.45, 2.75) is 84.7 Å². The summed E-state index contributed by atoms with van der Waals surface area (Å²) in [5.74, 6) is 6.35. The Morgan fingerprint density at radius 3 is 2.44 bits per heavy atom. The van der Waals surface area contributed by atoms with Crippen LogP contribution in [0.3, 0.4) is 0 Å². The molecule has 2 nitrogen and oxygen atoms in total. The molecular weight excluding hydrogens is 308 g/mol. The first-order chi connectivity index (χ1) is 11.9. The molecule has 0 amide bonds. The van der Waals surface area contributed by atoms with Gasteiger partial charge >= 0.3 is 5.97 Å². The molecule has 5 fully saturated rings. The Morgan fingerprint density at radius 1 is 1.04 bits per heavy atom. The number of carbonyl (C=O) groups excluding carboxylic acids is 1. The maximum Gasteiger partial charge on any atom is 0.312 e. The van der Waals surface area contributed by atoms with Gasteiger partial charge < -0.3 is 4.74 Å². The van der Waals surface area contributed by atoms with Crippen LogP contribution in [0.2, 0.25) is 0 Å². The molecule has 0 heterocycles. The Morgan fingerprint density at radius 2 is 1.80 bits per heavy atom. The van der Waals surface area contributed by atoms with Gasteiger partial charge in [0.05, 0.1) is 5.41 Å². The van der Waals surface area contributed by atoms with E-state index in [1.807, 2.05) is 0 Å². The second-order valence-corrected chi connectivity index (χ2v) is 11.0. The smallest absolute Gasteiger partial charge is 0.312 e. The van der Waals surface area contributed by atoms with Crippen LogP contribution in [-0.4, -0.2) is 11.6 Å². The summed E-state index contributed by atoms with van der Waals surface area (Å²) in [6, 6.07) is 0. The van der Waals surface area contributed by atoms with Crippen LogP contribution in [-0.2, 0) is 9.53 Å². The Labute approximate surface area is 153 Å². The van der Waals surface area contributed by atoms with Gasteiger partial charge in [-0.25, -0.2) is 0 Å². The van der Waals surface area contributed by atoms with E-state index in [0.29, 0.717) is 11.8 Å². The van der Waals surface area contributed by atoms with Gasteiger partial charge in [-0.15, -0.1) is 0 Å². The molecule has 25 heavy (non-hydrogen) atoms. The Kier molecular flexibility index (Phi) is 3.50. The van der Waals surface area contributed by atoms with E-state index >= 15 is 0 Å². The van der Waals surface area contributed by atoms with Crippen molar-refractivity contribution in [3.8, 4) is 0 Å². The molecule has 0 radical (unpaired) electrons. The van der Waals surface area contributed by atoms with Crippen molar-refractivity contribution in [3.05, 3.63) is 0 Å². The van der Waals surface area contributed by atoms with Gasteiger partial charge in [0.2, 0.25) is 0 Å². The van der Waals surface area contributed by atoms with E-state index in [4.69, 9.17) is 4.74 Å². The monoisotopic (exact) mass is 344 g/mol. The first kappa shape index (κ1) is 16.6. The molecule has 5 aliphatic rings. The predicted octanol–water partition coefficient (Wildman–Crippen LogP) is 5.45. The summed E-state index contributed by atoms with van der Waals surface area (Å²) in [5, 5.41) is 0. The number of rotatable bonds is 3. The van der Waals surface area contributed by atoms with Crippen LogP contribution in [0.15, 0.2) is 0 Å². The fraction of sp³-hybridized carbons (Fsp3) is 0.957. The number of carbonyl (C=O) groups is 1. The zero-order valence-electron chi connectivity index (χ0n) is 16.6. The van der Waals surface area contributed by atoms with Crippen LogP contribution in [0.5, 0.6) is 0 Å². The van der Waals surface area contributed by atoms with E-state index in [-0.39, 0.29) is 17.0 Å². The van der Waals surface area contributed by atoms with Crippen LogP contribution in [0, 0.1) is 52.8 Å². The minimum atomic E-state index is -0.200. The van der Waals surface area contributed by atoms with Crippen molar-refractivity contribution in [1.82, 2.24) is 0 Å². The molecule has 0 spiro atoms. The molecule has 0 aromatic carbocycles. The minimum absolute atomic E-state index is 0.112. The third-order valence-corrected chi connectivity index (χ3v) is 9.85. The summed E-state index contributed by atoms with van der Waals surface area (Å²) < 4.78 is 6.49. The maximum atomic E-state index is 13.5. The van der Waals surface area contributed by atoms with Gasteiger partial charge in [-0.05, 0) is 106 Å². The van der Waals surface area contributed by atoms with Crippen molar-refractivity contribution in [1.29, 1.82) is 0 Å². The standard InChI is InChI=1S/C23H36O2/c1-5-23(11-15-6-7-17(23)9-15)25-21(24)22(4)12-16-10-18(22)20-14(3)8-13(2)19(16)20/h13-20H,5-12H2,1-4H3. The van der Waals surface area contributed by atoms with Gasteiger partial charge in [-0.2, -0.15) is 0 Å². The van der Waals surface area contributed by atoms with Gasteiger partial charge in [-0.3, -0.25) is 4.79 Å². The van der Waals surface area contributed by atoms with Crippen LogP contribution >= 0.6 is 0 Å². The highest BCUT2D eigenvalue weighted by Crippen LogP contribution is 2.69. The molecular formula is C23H36O2.